The Morgan fingerprint density at radius 1 is 1.07 bits per heavy atom. The van der Waals surface area contributed by atoms with Gasteiger partial charge in [0.05, 0.1) is 0 Å². The van der Waals surface area contributed by atoms with E-state index in [2.05, 4.69) is 17.1 Å². The summed E-state index contributed by atoms with van der Waals surface area (Å²) >= 11 is 0. The summed E-state index contributed by atoms with van der Waals surface area (Å²) in [5.74, 6) is 0. The van der Waals surface area contributed by atoms with E-state index in [1.807, 2.05) is 0 Å². The van der Waals surface area contributed by atoms with Crippen LogP contribution in [-0.4, -0.2) is 49.8 Å². The fraction of sp³-hybridized carbons (Fsp3) is 1.00. The van der Waals surface area contributed by atoms with Crippen molar-refractivity contribution in [3.8, 4) is 0 Å². The standard InChI is InChI=1S/C12H24N2O/c1-2-14-7-3-11(4-8-14)13-12-5-9-15-10-6-12/h11-13H,2-10H2,1H3. The number of nitrogens with one attached hydrogen (secondary N) is 1. The van der Waals surface area contributed by atoms with Gasteiger partial charge in [0.15, 0.2) is 0 Å². The Balaban J connectivity index is 1.67. The first-order valence-corrected chi connectivity index (χ1v) is 6.44. The molecule has 2 fully saturated rings. The number of piperidine rings is 1. The minimum absolute atomic E-state index is 0.719. The normalized spacial score (nSPS) is 27.0. The van der Waals surface area contributed by atoms with E-state index in [4.69, 9.17) is 4.74 Å². The van der Waals surface area contributed by atoms with Crippen molar-refractivity contribution in [1.82, 2.24) is 10.2 Å². The van der Waals surface area contributed by atoms with E-state index in [-0.39, 0.29) is 0 Å². The molecule has 0 unspecified atom stereocenters. The second-order valence-electron chi connectivity index (χ2n) is 4.76. The van der Waals surface area contributed by atoms with Crippen LogP contribution < -0.4 is 5.32 Å². The zero-order chi connectivity index (χ0) is 10.5. The van der Waals surface area contributed by atoms with Crippen LogP contribution in [0.25, 0.3) is 0 Å². The van der Waals surface area contributed by atoms with E-state index >= 15 is 0 Å². The fourth-order valence-corrected chi connectivity index (χ4v) is 2.61. The number of hydrogen-bond acceptors (Lipinski definition) is 3. The summed E-state index contributed by atoms with van der Waals surface area (Å²) in [6.07, 6.45) is 5.05. The van der Waals surface area contributed by atoms with Crippen LogP contribution in [0.3, 0.4) is 0 Å². The Morgan fingerprint density at radius 3 is 2.27 bits per heavy atom. The van der Waals surface area contributed by atoms with Gasteiger partial charge < -0.3 is 15.0 Å². The van der Waals surface area contributed by atoms with E-state index in [1.165, 1.54) is 45.3 Å². The topological polar surface area (TPSA) is 24.5 Å². The maximum atomic E-state index is 5.38. The Bertz CT molecular complexity index is 172. The first-order valence-electron chi connectivity index (χ1n) is 6.44. The molecular weight excluding hydrogens is 188 g/mol. The van der Waals surface area contributed by atoms with E-state index in [0.29, 0.717) is 0 Å². The zero-order valence-electron chi connectivity index (χ0n) is 9.87. The molecule has 3 heteroatoms. The summed E-state index contributed by atoms with van der Waals surface area (Å²) in [6.45, 7) is 7.92. The summed E-state index contributed by atoms with van der Waals surface area (Å²) in [5, 5.41) is 3.80. The number of rotatable bonds is 3. The van der Waals surface area contributed by atoms with Crippen LogP contribution in [0.2, 0.25) is 0 Å². The molecular formula is C12H24N2O. The van der Waals surface area contributed by atoms with Gasteiger partial charge in [0.2, 0.25) is 0 Å². The summed E-state index contributed by atoms with van der Waals surface area (Å²) < 4.78 is 5.38. The average molecular weight is 212 g/mol. The molecule has 0 aliphatic carbocycles. The maximum Gasteiger partial charge on any atom is 0.0480 e. The van der Waals surface area contributed by atoms with Crippen molar-refractivity contribution in [2.75, 3.05) is 32.8 Å². The third kappa shape index (κ3) is 3.44. The van der Waals surface area contributed by atoms with Gasteiger partial charge in [0.25, 0.3) is 0 Å². The third-order valence-corrected chi connectivity index (χ3v) is 3.73. The highest BCUT2D eigenvalue weighted by molar-refractivity contribution is 4.81. The molecule has 0 spiro atoms. The predicted octanol–water partition coefficient (Wildman–Crippen LogP) is 1.24. The summed E-state index contributed by atoms with van der Waals surface area (Å²) in [5.41, 5.74) is 0. The molecule has 1 N–H and O–H groups in total. The van der Waals surface area contributed by atoms with Crippen LogP contribution >= 0.6 is 0 Å². The Morgan fingerprint density at radius 2 is 1.67 bits per heavy atom. The lowest BCUT2D eigenvalue weighted by Gasteiger charge is -2.35. The van der Waals surface area contributed by atoms with Gasteiger partial charge in [-0.2, -0.15) is 0 Å². The molecule has 0 saturated carbocycles. The Hall–Kier alpha value is -0.120. The maximum absolute atomic E-state index is 5.38. The number of likely N-dealkylation sites (tertiary alicyclic amines) is 1. The van der Waals surface area contributed by atoms with Gasteiger partial charge in [0.1, 0.15) is 0 Å². The summed E-state index contributed by atoms with van der Waals surface area (Å²) in [7, 11) is 0. The molecule has 2 aliphatic rings. The minimum atomic E-state index is 0.719. The number of nitrogens with zero attached hydrogens (tertiary/aromatic N) is 1. The molecule has 0 radical (unpaired) electrons. The second kappa shape index (κ2) is 5.83. The van der Waals surface area contributed by atoms with Crippen molar-refractivity contribution in [3.05, 3.63) is 0 Å². The van der Waals surface area contributed by atoms with E-state index in [9.17, 15) is 0 Å². The monoisotopic (exact) mass is 212 g/mol. The molecule has 15 heavy (non-hydrogen) atoms. The van der Waals surface area contributed by atoms with E-state index < -0.39 is 0 Å². The second-order valence-corrected chi connectivity index (χ2v) is 4.76. The molecule has 0 aromatic carbocycles. The molecule has 88 valence electrons. The van der Waals surface area contributed by atoms with Crippen molar-refractivity contribution in [2.24, 2.45) is 0 Å². The quantitative estimate of drug-likeness (QED) is 0.762. The fourth-order valence-electron chi connectivity index (χ4n) is 2.61. The van der Waals surface area contributed by atoms with Crippen LogP contribution in [0.4, 0.5) is 0 Å². The van der Waals surface area contributed by atoms with Gasteiger partial charge in [0, 0.05) is 25.3 Å². The lowest BCUT2D eigenvalue weighted by atomic mass is 10.0. The van der Waals surface area contributed by atoms with Crippen LogP contribution in [0.5, 0.6) is 0 Å². The van der Waals surface area contributed by atoms with Gasteiger partial charge in [-0.25, -0.2) is 0 Å². The molecule has 2 heterocycles. The van der Waals surface area contributed by atoms with Crippen molar-refractivity contribution in [3.63, 3.8) is 0 Å². The highest BCUT2D eigenvalue weighted by Crippen LogP contribution is 2.14. The van der Waals surface area contributed by atoms with Gasteiger partial charge in [-0.3, -0.25) is 0 Å². The van der Waals surface area contributed by atoms with Gasteiger partial charge in [-0.1, -0.05) is 6.92 Å². The first-order chi connectivity index (χ1) is 7.38. The molecule has 0 aromatic heterocycles. The number of hydrogen-bond donors (Lipinski definition) is 1. The Labute approximate surface area is 93.2 Å². The van der Waals surface area contributed by atoms with Crippen molar-refractivity contribution < 1.29 is 4.74 Å². The molecule has 3 nitrogen and oxygen atoms in total. The van der Waals surface area contributed by atoms with Crippen molar-refractivity contribution >= 4 is 0 Å². The van der Waals surface area contributed by atoms with E-state index in [1.54, 1.807) is 0 Å². The largest absolute Gasteiger partial charge is 0.381 e. The number of ether oxygens (including phenoxy) is 1. The van der Waals surface area contributed by atoms with Gasteiger partial charge in [-0.15, -0.1) is 0 Å². The van der Waals surface area contributed by atoms with Crippen molar-refractivity contribution in [1.29, 1.82) is 0 Å². The summed E-state index contributed by atoms with van der Waals surface area (Å²) in [6, 6.07) is 1.48. The van der Waals surface area contributed by atoms with Crippen LogP contribution in [0, 0.1) is 0 Å². The Kier molecular flexibility index (Phi) is 4.42. The predicted molar refractivity (Wildman–Crippen MR) is 62.1 cm³/mol. The lowest BCUT2D eigenvalue weighted by molar-refractivity contribution is 0.0708. The average Bonchev–Trinajstić information content (AvgIpc) is 2.31. The van der Waals surface area contributed by atoms with Gasteiger partial charge in [-0.05, 0) is 45.3 Å². The molecule has 0 atom stereocenters. The highest BCUT2D eigenvalue weighted by Gasteiger charge is 2.21. The molecule has 2 rings (SSSR count). The smallest absolute Gasteiger partial charge is 0.0480 e. The van der Waals surface area contributed by atoms with E-state index in [0.717, 1.165) is 25.3 Å². The molecule has 2 aliphatic heterocycles. The van der Waals surface area contributed by atoms with Gasteiger partial charge >= 0.3 is 0 Å². The zero-order valence-corrected chi connectivity index (χ0v) is 9.87. The molecule has 2 saturated heterocycles. The lowest BCUT2D eigenvalue weighted by Crippen LogP contribution is -2.47. The first kappa shape index (κ1) is 11.4. The van der Waals surface area contributed by atoms with Crippen LogP contribution in [0.15, 0.2) is 0 Å². The summed E-state index contributed by atoms with van der Waals surface area (Å²) in [4.78, 5) is 2.54. The third-order valence-electron chi connectivity index (χ3n) is 3.73. The SMILES string of the molecule is CCN1CCC(NC2CCOCC2)CC1. The highest BCUT2D eigenvalue weighted by atomic mass is 16.5. The molecule has 0 aromatic rings. The molecule has 0 bridgehead atoms. The van der Waals surface area contributed by atoms with Crippen molar-refractivity contribution in [2.45, 2.75) is 44.7 Å². The molecule has 0 amide bonds. The van der Waals surface area contributed by atoms with Crippen LogP contribution in [0.1, 0.15) is 32.6 Å². The van der Waals surface area contributed by atoms with Crippen LogP contribution in [-0.2, 0) is 4.74 Å². The minimum Gasteiger partial charge on any atom is -0.381 e.